The number of aryl methyl sites for hydroxylation is 1. The molecule has 1 saturated heterocycles. The smallest absolute Gasteiger partial charge is 0.257 e. The molecule has 2 aromatic rings. The number of nitrogens with zero attached hydrogens (tertiary/aromatic N) is 3. The zero-order valence-electron chi connectivity index (χ0n) is 14.3. The molecule has 9 heteroatoms. The number of halogens is 2. The van der Waals surface area contributed by atoms with Gasteiger partial charge in [-0.3, -0.25) is 9.59 Å². The normalized spacial score (nSPS) is 17.4. The van der Waals surface area contributed by atoms with Crippen LogP contribution in [0.15, 0.2) is 18.2 Å². The minimum atomic E-state index is -0.863. The lowest BCUT2D eigenvalue weighted by molar-refractivity contribution is -0.133. The van der Waals surface area contributed by atoms with Gasteiger partial charge in [-0.05, 0) is 26.0 Å². The maximum atomic E-state index is 14.1. The molecule has 1 aliphatic rings. The Labute approximate surface area is 148 Å². The number of hydrogen-bond donors (Lipinski definition) is 1. The number of nitrogens with two attached hydrogens (primary N) is 1. The van der Waals surface area contributed by atoms with Crippen LogP contribution >= 0.6 is 0 Å². The van der Waals surface area contributed by atoms with Gasteiger partial charge < -0.3 is 15.4 Å². The van der Waals surface area contributed by atoms with E-state index in [2.05, 4.69) is 5.10 Å². The first kappa shape index (κ1) is 18.0. The zero-order chi connectivity index (χ0) is 19.0. The summed E-state index contributed by atoms with van der Waals surface area (Å²) >= 11 is 0. The van der Waals surface area contributed by atoms with E-state index in [1.165, 1.54) is 15.6 Å². The Kier molecular flexibility index (Phi) is 4.73. The monoisotopic (exact) mass is 364 g/mol. The van der Waals surface area contributed by atoms with Crippen molar-refractivity contribution >= 4 is 11.8 Å². The van der Waals surface area contributed by atoms with Crippen LogP contribution in [0.4, 0.5) is 8.78 Å². The summed E-state index contributed by atoms with van der Waals surface area (Å²) in [6.07, 6.45) is -0.863. The molecular formula is C17H18F2N4O3. The molecule has 1 aliphatic heterocycles. The Morgan fingerprint density at radius 3 is 2.69 bits per heavy atom. The number of primary amides is 1. The van der Waals surface area contributed by atoms with Gasteiger partial charge in [-0.2, -0.15) is 5.10 Å². The van der Waals surface area contributed by atoms with E-state index in [4.69, 9.17) is 10.5 Å². The third kappa shape index (κ3) is 3.17. The van der Waals surface area contributed by atoms with Crippen molar-refractivity contribution in [1.29, 1.82) is 0 Å². The van der Waals surface area contributed by atoms with E-state index in [1.54, 1.807) is 13.8 Å². The van der Waals surface area contributed by atoms with Crippen LogP contribution < -0.4 is 5.73 Å². The number of carbonyl (C=O) groups excluding carboxylic acids is 2. The van der Waals surface area contributed by atoms with Crippen molar-refractivity contribution in [1.82, 2.24) is 14.7 Å². The highest BCUT2D eigenvalue weighted by Gasteiger charge is 2.31. The molecule has 3 rings (SSSR count). The molecule has 1 unspecified atom stereocenters. The van der Waals surface area contributed by atoms with Crippen LogP contribution in [-0.2, 0) is 9.53 Å². The average molecular weight is 364 g/mol. The van der Waals surface area contributed by atoms with Crippen molar-refractivity contribution in [3.05, 3.63) is 46.8 Å². The van der Waals surface area contributed by atoms with E-state index < -0.39 is 23.6 Å². The van der Waals surface area contributed by atoms with E-state index >= 15 is 0 Å². The Hall–Kier alpha value is -2.81. The van der Waals surface area contributed by atoms with Crippen LogP contribution in [0.3, 0.4) is 0 Å². The number of morpholine rings is 1. The zero-order valence-corrected chi connectivity index (χ0v) is 14.3. The minimum Gasteiger partial charge on any atom is -0.367 e. The first-order valence-corrected chi connectivity index (χ1v) is 8.01. The molecule has 1 atom stereocenters. The third-order valence-corrected chi connectivity index (χ3v) is 4.31. The van der Waals surface area contributed by atoms with E-state index in [-0.39, 0.29) is 24.7 Å². The van der Waals surface area contributed by atoms with Crippen LogP contribution in [0, 0.1) is 25.5 Å². The van der Waals surface area contributed by atoms with E-state index in [0.717, 1.165) is 12.1 Å². The molecule has 2 heterocycles. The van der Waals surface area contributed by atoms with E-state index in [1.807, 2.05) is 0 Å². The molecule has 1 fully saturated rings. The summed E-state index contributed by atoms with van der Waals surface area (Å²) in [5.41, 5.74) is 6.41. The van der Waals surface area contributed by atoms with Crippen LogP contribution in [0.25, 0.3) is 5.69 Å². The minimum absolute atomic E-state index is 0.0445. The molecule has 0 bridgehead atoms. The molecule has 0 radical (unpaired) electrons. The van der Waals surface area contributed by atoms with Crippen LogP contribution in [0.2, 0.25) is 0 Å². The summed E-state index contributed by atoms with van der Waals surface area (Å²) in [4.78, 5) is 25.7. The second-order valence-corrected chi connectivity index (χ2v) is 6.07. The Morgan fingerprint density at radius 1 is 1.31 bits per heavy atom. The highest BCUT2D eigenvalue weighted by atomic mass is 19.1. The SMILES string of the molecule is Cc1nn(-c2ccc(F)cc2F)c(C)c1C(=O)N1CCOC(C(N)=O)C1. The van der Waals surface area contributed by atoms with Crippen molar-refractivity contribution in [2.24, 2.45) is 5.73 Å². The number of rotatable bonds is 3. The standard InChI is InChI=1S/C17H18F2N4O3/c1-9-15(17(25)22-5-6-26-14(8-22)16(20)24)10(2)23(21-9)13-4-3-11(18)7-12(13)19/h3-4,7,14H,5-6,8H2,1-2H3,(H2,20,24). The fourth-order valence-electron chi connectivity index (χ4n) is 3.00. The second-order valence-electron chi connectivity index (χ2n) is 6.07. The fraction of sp³-hybridized carbons (Fsp3) is 0.353. The summed E-state index contributed by atoms with van der Waals surface area (Å²) < 4.78 is 33.7. The number of hydrogen-bond acceptors (Lipinski definition) is 4. The molecule has 2 amide bonds. The largest absolute Gasteiger partial charge is 0.367 e. The van der Waals surface area contributed by atoms with Crippen molar-refractivity contribution in [3.63, 3.8) is 0 Å². The van der Waals surface area contributed by atoms with Gasteiger partial charge in [0.25, 0.3) is 5.91 Å². The Bertz CT molecular complexity index is 881. The van der Waals surface area contributed by atoms with Crippen LogP contribution in [0.1, 0.15) is 21.7 Å². The molecule has 0 aliphatic carbocycles. The summed E-state index contributed by atoms with van der Waals surface area (Å²) in [6, 6.07) is 3.14. The summed E-state index contributed by atoms with van der Waals surface area (Å²) in [5.74, 6) is -2.46. The molecule has 2 N–H and O–H groups in total. The number of carbonyl (C=O) groups is 2. The van der Waals surface area contributed by atoms with Gasteiger partial charge in [0.2, 0.25) is 5.91 Å². The summed E-state index contributed by atoms with van der Waals surface area (Å²) in [6.45, 7) is 3.80. The van der Waals surface area contributed by atoms with Gasteiger partial charge in [-0.25, -0.2) is 13.5 Å². The van der Waals surface area contributed by atoms with Gasteiger partial charge >= 0.3 is 0 Å². The number of benzene rings is 1. The molecular weight excluding hydrogens is 346 g/mol. The average Bonchev–Trinajstić information content (AvgIpc) is 2.88. The highest BCUT2D eigenvalue weighted by Crippen LogP contribution is 2.23. The molecule has 0 saturated carbocycles. The van der Waals surface area contributed by atoms with Gasteiger partial charge in [0.1, 0.15) is 11.5 Å². The third-order valence-electron chi connectivity index (χ3n) is 4.31. The molecule has 138 valence electrons. The van der Waals surface area contributed by atoms with Crippen molar-refractivity contribution in [2.75, 3.05) is 19.7 Å². The number of amides is 2. The van der Waals surface area contributed by atoms with Gasteiger partial charge in [0.05, 0.1) is 30.1 Å². The van der Waals surface area contributed by atoms with Gasteiger partial charge in [-0.1, -0.05) is 0 Å². The molecule has 1 aromatic heterocycles. The molecule has 1 aromatic carbocycles. The molecule has 7 nitrogen and oxygen atoms in total. The second kappa shape index (κ2) is 6.83. The van der Waals surface area contributed by atoms with Gasteiger partial charge in [0, 0.05) is 12.6 Å². The fourth-order valence-corrected chi connectivity index (χ4v) is 3.00. The summed E-state index contributed by atoms with van der Waals surface area (Å²) in [7, 11) is 0. The lowest BCUT2D eigenvalue weighted by Crippen LogP contribution is -2.50. The van der Waals surface area contributed by atoms with Gasteiger partial charge in [-0.15, -0.1) is 0 Å². The number of ether oxygens (including phenoxy) is 1. The van der Waals surface area contributed by atoms with E-state index in [0.29, 0.717) is 23.5 Å². The Morgan fingerprint density at radius 2 is 2.04 bits per heavy atom. The lowest BCUT2D eigenvalue weighted by atomic mass is 10.1. The predicted octanol–water partition coefficient (Wildman–Crippen LogP) is 1.09. The van der Waals surface area contributed by atoms with Crippen molar-refractivity contribution < 1.29 is 23.1 Å². The van der Waals surface area contributed by atoms with Crippen LogP contribution in [-0.4, -0.2) is 52.3 Å². The first-order valence-electron chi connectivity index (χ1n) is 8.01. The Balaban J connectivity index is 1.95. The number of aromatic nitrogens is 2. The molecule has 26 heavy (non-hydrogen) atoms. The first-order chi connectivity index (χ1) is 12.3. The maximum Gasteiger partial charge on any atom is 0.257 e. The predicted molar refractivity (Wildman–Crippen MR) is 87.8 cm³/mol. The quantitative estimate of drug-likeness (QED) is 0.883. The van der Waals surface area contributed by atoms with Crippen molar-refractivity contribution in [3.8, 4) is 5.69 Å². The maximum absolute atomic E-state index is 14.1. The highest BCUT2D eigenvalue weighted by molar-refractivity contribution is 5.97. The van der Waals surface area contributed by atoms with Crippen molar-refractivity contribution in [2.45, 2.75) is 20.0 Å². The molecule has 0 spiro atoms. The lowest BCUT2D eigenvalue weighted by Gasteiger charge is -2.31. The topological polar surface area (TPSA) is 90.4 Å². The van der Waals surface area contributed by atoms with Gasteiger partial charge in [0.15, 0.2) is 11.9 Å². The van der Waals surface area contributed by atoms with E-state index in [9.17, 15) is 18.4 Å². The summed E-state index contributed by atoms with van der Waals surface area (Å²) in [5, 5.41) is 4.22. The van der Waals surface area contributed by atoms with Crippen LogP contribution in [0.5, 0.6) is 0 Å².